The molecule has 0 aromatic heterocycles. The van der Waals surface area contributed by atoms with E-state index in [1.165, 1.54) is 37.7 Å². The summed E-state index contributed by atoms with van der Waals surface area (Å²) < 4.78 is 53.5. The van der Waals surface area contributed by atoms with Crippen LogP contribution in [-0.4, -0.2) is 6.18 Å². The Bertz CT molecular complexity index is 814. The molecule has 4 saturated carbocycles. The summed E-state index contributed by atoms with van der Waals surface area (Å²) in [6.07, 6.45) is 6.77. The Labute approximate surface area is 190 Å². The smallest absolute Gasteiger partial charge is 0.207 e. The van der Waals surface area contributed by atoms with Gasteiger partial charge in [-0.15, -0.1) is 0 Å². The normalized spacial score (nSPS) is 43.9. The van der Waals surface area contributed by atoms with Crippen LogP contribution in [0.5, 0.6) is 0 Å². The van der Waals surface area contributed by atoms with Crippen LogP contribution in [0, 0.1) is 52.2 Å². The molecule has 8 unspecified atom stereocenters. The van der Waals surface area contributed by atoms with Crippen molar-refractivity contribution in [3.63, 3.8) is 0 Å². The van der Waals surface area contributed by atoms with Gasteiger partial charge in [0.1, 0.15) is 5.82 Å². The summed E-state index contributed by atoms with van der Waals surface area (Å²) in [6, 6.07) is 6.96. The molecule has 4 heteroatoms. The monoisotopic (exact) mass is 450 g/mol. The quantitative estimate of drug-likeness (QED) is 0.404. The second-order valence-corrected chi connectivity index (χ2v) is 12.2. The Hall–Kier alpha value is -1.06. The zero-order valence-electron chi connectivity index (χ0n) is 19.6. The van der Waals surface area contributed by atoms with Crippen molar-refractivity contribution in [2.75, 3.05) is 0 Å². The van der Waals surface area contributed by atoms with Gasteiger partial charge in [-0.25, -0.2) is 4.39 Å². The van der Waals surface area contributed by atoms with Crippen LogP contribution in [0.25, 0.3) is 0 Å². The largest absolute Gasteiger partial charge is 0.391 e. The summed E-state index contributed by atoms with van der Waals surface area (Å²) in [7, 11) is 0. The highest BCUT2D eigenvalue weighted by molar-refractivity contribution is 5.17. The number of halogens is 4. The van der Waals surface area contributed by atoms with Gasteiger partial charge in [-0.05, 0) is 129 Å². The van der Waals surface area contributed by atoms with Crippen molar-refractivity contribution < 1.29 is 17.6 Å². The minimum atomic E-state index is -4.02. The van der Waals surface area contributed by atoms with Gasteiger partial charge >= 0.3 is 6.18 Å². The SMILES string of the molecule is CC12CCC3C(CCC4CC(C(F)(F)F)CCC43C)C1CCC2CCc1ccc(F)cc1. The van der Waals surface area contributed by atoms with Crippen molar-refractivity contribution in [1.82, 2.24) is 0 Å². The molecular weight excluding hydrogens is 412 g/mol. The second kappa shape index (κ2) is 8.01. The molecule has 0 nitrogen and oxygen atoms in total. The molecule has 0 heterocycles. The third-order valence-electron chi connectivity index (χ3n) is 11.0. The van der Waals surface area contributed by atoms with Crippen molar-refractivity contribution in [3.05, 3.63) is 35.6 Å². The molecule has 8 atom stereocenters. The highest BCUT2D eigenvalue weighted by Crippen LogP contribution is 2.68. The molecule has 4 fully saturated rings. The van der Waals surface area contributed by atoms with Crippen molar-refractivity contribution in [1.29, 1.82) is 0 Å². The van der Waals surface area contributed by atoms with Gasteiger partial charge in [0.25, 0.3) is 0 Å². The van der Waals surface area contributed by atoms with E-state index >= 15 is 0 Å². The maximum Gasteiger partial charge on any atom is 0.391 e. The van der Waals surface area contributed by atoms with E-state index in [1.54, 1.807) is 12.1 Å². The minimum absolute atomic E-state index is 0.109. The summed E-state index contributed by atoms with van der Waals surface area (Å²) in [5.41, 5.74) is 1.70. The van der Waals surface area contributed by atoms with Gasteiger partial charge in [0.05, 0.1) is 5.92 Å². The molecule has 1 aromatic rings. The number of benzene rings is 1. The predicted octanol–water partition coefficient (Wildman–Crippen LogP) is 8.60. The minimum Gasteiger partial charge on any atom is -0.207 e. The van der Waals surface area contributed by atoms with Gasteiger partial charge in [0, 0.05) is 0 Å². The van der Waals surface area contributed by atoms with Crippen molar-refractivity contribution in [2.45, 2.75) is 90.7 Å². The van der Waals surface area contributed by atoms with Gasteiger partial charge in [0.2, 0.25) is 0 Å². The third kappa shape index (κ3) is 3.72. The van der Waals surface area contributed by atoms with Crippen LogP contribution in [0.1, 0.15) is 83.6 Å². The van der Waals surface area contributed by atoms with E-state index in [0.717, 1.165) is 31.6 Å². The molecule has 32 heavy (non-hydrogen) atoms. The number of aryl methyl sites for hydroxylation is 1. The van der Waals surface area contributed by atoms with Crippen LogP contribution < -0.4 is 0 Å². The fraction of sp³-hybridized carbons (Fsp3) is 0.786. The van der Waals surface area contributed by atoms with Crippen LogP contribution in [0.15, 0.2) is 24.3 Å². The first-order valence-electron chi connectivity index (χ1n) is 12.9. The maximum atomic E-state index is 13.4. The van der Waals surface area contributed by atoms with Crippen molar-refractivity contribution in [2.24, 2.45) is 46.3 Å². The molecule has 5 rings (SSSR count). The molecule has 4 aliphatic rings. The van der Waals surface area contributed by atoms with Crippen LogP contribution >= 0.6 is 0 Å². The number of hydrogen-bond acceptors (Lipinski definition) is 0. The van der Waals surface area contributed by atoms with E-state index in [1.807, 2.05) is 12.1 Å². The van der Waals surface area contributed by atoms with E-state index in [4.69, 9.17) is 0 Å². The fourth-order valence-electron chi connectivity index (χ4n) is 9.13. The average Bonchev–Trinajstić information content (AvgIpc) is 3.08. The van der Waals surface area contributed by atoms with Gasteiger partial charge in [-0.1, -0.05) is 26.0 Å². The summed E-state index contributed by atoms with van der Waals surface area (Å²) in [5.74, 6) is 1.77. The van der Waals surface area contributed by atoms with E-state index < -0.39 is 12.1 Å². The van der Waals surface area contributed by atoms with Gasteiger partial charge in [0.15, 0.2) is 0 Å². The maximum absolute atomic E-state index is 13.4. The van der Waals surface area contributed by atoms with Crippen molar-refractivity contribution in [3.8, 4) is 0 Å². The fourth-order valence-corrected chi connectivity index (χ4v) is 9.13. The lowest BCUT2D eigenvalue weighted by atomic mass is 9.44. The average molecular weight is 451 g/mol. The lowest BCUT2D eigenvalue weighted by molar-refractivity contribution is -0.208. The number of fused-ring (bicyclic) bond motifs is 5. The number of rotatable bonds is 3. The Morgan fingerprint density at radius 1 is 0.844 bits per heavy atom. The number of hydrogen-bond donors (Lipinski definition) is 0. The Balaban J connectivity index is 1.28. The number of alkyl halides is 3. The molecule has 1 aromatic carbocycles. The van der Waals surface area contributed by atoms with Crippen LogP contribution in [0.4, 0.5) is 17.6 Å². The van der Waals surface area contributed by atoms with E-state index in [-0.39, 0.29) is 17.2 Å². The molecule has 0 radical (unpaired) electrons. The van der Waals surface area contributed by atoms with Gasteiger partial charge in [-0.2, -0.15) is 13.2 Å². The van der Waals surface area contributed by atoms with Crippen LogP contribution in [0.3, 0.4) is 0 Å². The molecule has 0 bridgehead atoms. The molecule has 0 amide bonds. The Kier molecular flexibility index (Phi) is 5.69. The highest BCUT2D eigenvalue weighted by Gasteiger charge is 2.61. The molecule has 0 aliphatic heterocycles. The molecular formula is C28H38F4. The molecule has 0 spiro atoms. The zero-order chi connectivity index (χ0) is 22.7. The molecule has 0 saturated heterocycles. The lowest BCUT2D eigenvalue weighted by Crippen LogP contribution is -2.54. The summed E-state index contributed by atoms with van der Waals surface area (Å²) >= 11 is 0. The molecule has 4 aliphatic carbocycles. The van der Waals surface area contributed by atoms with E-state index in [9.17, 15) is 17.6 Å². The standard InChI is InChI=1S/C28H38F4/c1-26-16-14-25-23(11-7-20-17-21(28(30,31)32)13-15-27(20,25)2)24(26)12-8-19(26)6-3-18-4-9-22(29)10-5-18/h4-5,9-10,19-21,23-25H,3,6-8,11-17H2,1-2H3. The Morgan fingerprint density at radius 2 is 1.53 bits per heavy atom. The topological polar surface area (TPSA) is 0 Å². The van der Waals surface area contributed by atoms with Gasteiger partial charge in [-0.3, -0.25) is 0 Å². The summed E-state index contributed by atoms with van der Waals surface area (Å²) in [5, 5.41) is 0. The zero-order valence-corrected chi connectivity index (χ0v) is 19.6. The predicted molar refractivity (Wildman–Crippen MR) is 119 cm³/mol. The van der Waals surface area contributed by atoms with Gasteiger partial charge < -0.3 is 0 Å². The highest BCUT2D eigenvalue weighted by atomic mass is 19.4. The first-order valence-corrected chi connectivity index (χ1v) is 12.9. The molecule has 178 valence electrons. The van der Waals surface area contributed by atoms with Crippen LogP contribution in [-0.2, 0) is 6.42 Å². The van der Waals surface area contributed by atoms with E-state index in [0.29, 0.717) is 36.0 Å². The summed E-state index contributed by atoms with van der Waals surface area (Å²) in [4.78, 5) is 0. The second-order valence-electron chi connectivity index (χ2n) is 12.2. The van der Waals surface area contributed by atoms with Crippen molar-refractivity contribution >= 4 is 0 Å². The Morgan fingerprint density at radius 3 is 2.25 bits per heavy atom. The first-order chi connectivity index (χ1) is 15.1. The molecule has 0 N–H and O–H groups in total. The first kappa shape index (κ1) is 22.7. The third-order valence-corrected chi connectivity index (χ3v) is 11.0. The van der Waals surface area contributed by atoms with E-state index in [2.05, 4.69) is 13.8 Å². The van der Waals surface area contributed by atoms with Crippen LogP contribution in [0.2, 0.25) is 0 Å². The summed E-state index contributed by atoms with van der Waals surface area (Å²) in [6.45, 7) is 4.87. The lowest BCUT2D eigenvalue weighted by Gasteiger charge is -2.61.